The maximum atomic E-state index is 12.8. The van der Waals surface area contributed by atoms with Crippen molar-refractivity contribution in [2.24, 2.45) is 0 Å². The van der Waals surface area contributed by atoms with E-state index in [-0.39, 0.29) is 36.5 Å². The van der Waals surface area contributed by atoms with Gasteiger partial charge in [-0.3, -0.25) is 14.7 Å². The molecule has 1 aliphatic heterocycles. The number of para-hydroxylation sites is 2. The van der Waals surface area contributed by atoms with E-state index in [2.05, 4.69) is 76.6 Å². The highest BCUT2D eigenvalue weighted by atomic mass is 16.7. The molecular weight excluding hydrogens is 612 g/mol. The molecule has 1 aliphatic rings. The molecule has 248 valence electrons. The number of aliphatic hydroxyl groups excluding tert-OH is 1. The zero-order valence-corrected chi connectivity index (χ0v) is 27.7. The van der Waals surface area contributed by atoms with Crippen LogP contribution in [0.4, 0.5) is 0 Å². The van der Waals surface area contributed by atoms with Gasteiger partial charge >= 0.3 is 0 Å². The van der Waals surface area contributed by atoms with Gasteiger partial charge in [-0.05, 0) is 65.2 Å². The molecule has 0 radical (unpaired) electrons. The highest BCUT2D eigenvalue weighted by molar-refractivity contribution is 5.93. The van der Waals surface area contributed by atoms with Crippen LogP contribution in [0, 0.1) is 0 Å². The Morgan fingerprint density at radius 3 is 2.33 bits per heavy atom. The molecule has 1 fully saturated rings. The number of ether oxygens (including phenoxy) is 2. The van der Waals surface area contributed by atoms with Crippen molar-refractivity contribution in [3.8, 4) is 0 Å². The van der Waals surface area contributed by atoms with Crippen LogP contribution < -0.4 is 5.32 Å². The Balaban J connectivity index is 1.04. The van der Waals surface area contributed by atoms with E-state index in [1.165, 1.54) is 22.5 Å². The van der Waals surface area contributed by atoms with Gasteiger partial charge in [0.05, 0.1) is 36.0 Å². The summed E-state index contributed by atoms with van der Waals surface area (Å²) in [6, 6.07) is 38.7. The van der Waals surface area contributed by atoms with Crippen LogP contribution in [0.25, 0.3) is 21.8 Å². The lowest BCUT2D eigenvalue weighted by molar-refractivity contribution is -0.253. The number of benzene rings is 5. The minimum absolute atomic E-state index is 0.0000809. The first-order chi connectivity index (χ1) is 23.9. The summed E-state index contributed by atoms with van der Waals surface area (Å²) in [6.45, 7) is 3.30. The second kappa shape index (κ2) is 14.6. The largest absolute Gasteiger partial charge is 0.392 e. The van der Waals surface area contributed by atoms with Crippen LogP contribution in [0.15, 0.2) is 121 Å². The van der Waals surface area contributed by atoms with Gasteiger partial charge < -0.3 is 19.9 Å². The summed E-state index contributed by atoms with van der Waals surface area (Å²) < 4.78 is 13.2. The molecule has 0 saturated carbocycles. The first-order valence-corrected chi connectivity index (χ1v) is 16.7. The van der Waals surface area contributed by atoms with Gasteiger partial charge in [-0.1, -0.05) is 97.1 Å². The molecule has 6 aromatic rings. The van der Waals surface area contributed by atoms with Crippen LogP contribution in [-0.2, 0) is 22.6 Å². The summed E-state index contributed by atoms with van der Waals surface area (Å²) in [6.07, 6.45) is 1.37. The van der Waals surface area contributed by atoms with Crippen molar-refractivity contribution in [1.29, 1.82) is 0 Å². The van der Waals surface area contributed by atoms with Gasteiger partial charge in [0.1, 0.15) is 5.69 Å². The van der Waals surface area contributed by atoms with E-state index in [1.54, 1.807) is 0 Å². The Morgan fingerprint density at radius 1 is 0.857 bits per heavy atom. The fourth-order valence-corrected chi connectivity index (χ4v) is 6.37. The lowest BCUT2D eigenvalue weighted by atomic mass is 9.98. The van der Waals surface area contributed by atoms with Gasteiger partial charge in [0.25, 0.3) is 5.91 Å². The average Bonchev–Trinajstić information content (AvgIpc) is 3.16. The van der Waals surface area contributed by atoms with E-state index < -0.39 is 6.29 Å². The zero-order chi connectivity index (χ0) is 33.7. The van der Waals surface area contributed by atoms with Crippen molar-refractivity contribution >= 4 is 27.7 Å². The first-order valence-electron chi connectivity index (χ1n) is 16.7. The highest BCUT2D eigenvalue weighted by Crippen LogP contribution is 2.39. The third-order valence-electron chi connectivity index (χ3n) is 9.41. The number of rotatable bonds is 10. The number of likely N-dealkylation sites (N-methyl/N-ethyl adjacent to an activating group) is 1. The lowest BCUT2D eigenvalue weighted by Crippen LogP contribution is -2.38. The fraction of sp³-hybridized carbons (Fsp3) is 0.244. The van der Waals surface area contributed by atoms with Crippen LogP contribution in [0.5, 0.6) is 0 Å². The molecule has 5 aromatic carbocycles. The summed E-state index contributed by atoms with van der Waals surface area (Å²) in [5.41, 5.74) is 6.74. The van der Waals surface area contributed by atoms with Crippen molar-refractivity contribution < 1.29 is 19.4 Å². The monoisotopic (exact) mass is 652 g/mol. The maximum Gasteiger partial charge on any atom is 0.271 e. The molecule has 1 aromatic heterocycles. The molecule has 1 amide bonds. The number of aliphatic hydroxyl groups is 1. The number of nitrogens with zero attached hydrogens (tertiary/aromatic N) is 3. The SMILES string of the molecule is CC(c1ccc2ccccc2c1)N(C)CC1CC(c2ccc(CO)cc2)OC(c2ccc(CNC(=O)c3cnc4ccccc4n3)cc2)O1. The zero-order valence-electron chi connectivity index (χ0n) is 27.7. The molecule has 0 aliphatic carbocycles. The van der Waals surface area contributed by atoms with Crippen LogP contribution >= 0.6 is 0 Å². The molecule has 7 rings (SSSR count). The normalized spacial score (nSPS) is 18.5. The molecule has 0 spiro atoms. The first kappa shape index (κ1) is 32.6. The number of hydrogen-bond acceptors (Lipinski definition) is 7. The molecule has 49 heavy (non-hydrogen) atoms. The average molecular weight is 653 g/mol. The Labute approximate surface area is 286 Å². The predicted molar refractivity (Wildman–Crippen MR) is 191 cm³/mol. The summed E-state index contributed by atoms with van der Waals surface area (Å²) in [4.78, 5) is 24.0. The summed E-state index contributed by atoms with van der Waals surface area (Å²) in [5, 5.41) is 15.0. The second-order valence-corrected chi connectivity index (χ2v) is 12.7. The van der Waals surface area contributed by atoms with Gasteiger partial charge in [-0.15, -0.1) is 0 Å². The summed E-state index contributed by atoms with van der Waals surface area (Å²) in [5.74, 6) is -0.277. The van der Waals surface area contributed by atoms with Gasteiger partial charge in [-0.25, -0.2) is 4.98 Å². The van der Waals surface area contributed by atoms with Crippen LogP contribution in [-0.4, -0.2) is 45.6 Å². The number of nitrogens with one attached hydrogen (secondary N) is 1. The molecule has 1 saturated heterocycles. The maximum absolute atomic E-state index is 12.8. The minimum atomic E-state index is -0.567. The third kappa shape index (κ3) is 7.53. The standard InChI is InChI=1S/C41H40N4O4/c1-27(33-20-19-30-7-3-4-8-34(30)21-33)45(2)25-35-22-39(31-15-13-29(26-46)14-16-31)49-41(48-35)32-17-11-28(12-18-32)23-43-40(47)38-24-42-36-9-5-6-10-37(36)44-38/h3-21,24,27,35,39,41,46H,22-23,25-26H2,1-2H3,(H,43,47). The highest BCUT2D eigenvalue weighted by Gasteiger charge is 2.33. The van der Waals surface area contributed by atoms with E-state index in [0.717, 1.165) is 34.3 Å². The van der Waals surface area contributed by atoms with E-state index >= 15 is 0 Å². The van der Waals surface area contributed by atoms with Crippen molar-refractivity contribution in [2.45, 2.75) is 51.0 Å². The fourth-order valence-electron chi connectivity index (χ4n) is 6.37. The van der Waals surface area contributed by atoms with Crippen molar-refractivity contribution in [3.63, 3.8) is 0 Å². The second-order valence-electron chi connectivity index (χ2n) is 12.7. The molecule has 8 heteroatoms. The van der Waals surface area contributed by atoms with Crippen molar-refractivity contribution in [2.75, 3.05) is 13.6 Å². The summed E-state index contributed by atoms with van der Waals surface area (Å²) in [7, 11) is 2.14. The lowest BCUT2D eigenvalue weighted by Gasteiger charge is -2.39. The molecule has 2 N–H and O–H groups in total. The number of hydrogen-bond donors (Lipinski definition) is 2. The molecule has 0 bridgehead atoms. The van der Waals surface area contributed by atoms with Gasteiger partial charge in [-0.2, -0.15) is 0 Å². The third-order valence-corrected chi connectivity index (χ3v) is 9.41. The summed E-state index contributed by atoms with van der Waals surface area (Å²) >= 11 is 0. The van der Waals surface area contributed by atoms with Gasteiger partial charge in [0, 0.05) is 31.1 Å². The molecule has 2 heterocycles. The Morgan fingerprint density at radius 2 is 1.55 bits per heavy atom. The Kier molecular flexibility index (Phi) is 9.72. The molecule has 4 unspecified atom stereocenters. The topological polar surface area (TPSA) is 96.8 Å². The van der Waals surface area contributed by atoms with E-state index in [4.69, 9.17) is 9.47 Å². The minimum Gasteiger partial charge on any atom is -0.392 e. The number of aromatic nitrogens is 2. The quantitative estimate of drug-likeness (QED) is 0.159. The van der Waals surface area contributed by atoms with Crippen LogP contribution in [0.2, 0.25) is 0 Å². The van der Waals surface area contributed by atoms with Crippen LogP contribution in [0.3, 0.4) is 0 Å². The Bertz CT molecular complexity index is 2050. The van der Waals surface area contributed by atoms with E-state index in [1.807, 2.05) is 72.8 Å². The smallest absolute Gasteiger partial charge is 0.271 e. The number of fused-ring (bicyclic) bond motifs is 2. The number of carbonyl (C=O) groups is 1. The predicted octanol–water partition coefficient (Wildman–Crippen LogP) is 7.44. The van der Waals surface area contributed by atoms with Crippen molar-refractivity contribution in [1.82, 2.24) is 20.2 Å². The molecule has 4 atom stereocenters. The van der Waals surface area contributed by atoms with Gasteiger partial charge in [0.2, 0.25) is 0 Å². The van der Waals surface area contributed by atoms with Crippen molar-refractivity contribution in [3.05, 3.63) is 155 Å². The van der Waals surface area contributed by atoms with Gasteiger partial charge in [0.15, 0.2) is 6.29 Å². The number of amides is 1. The Hall–Kier alpha value is -4.99. The van der Waals surface area contributed by atoms with E-state index in [9.17, 15) is 9.90 Å². The van der Waals surface area contributed by atoms with E-state index in [0.29, 0.717) is 18.5 Å². The van der Waals surface area contributed by atoms with Crippen LogP contribution in [0.1, 0.15) is 70.1 Å². The number of carbonyl (C=O) groups excluding carboxylic acids is 1. The molecule has 8 nitrogen and oxygen atoms in total. The molecular formula is C41H40N4O4.